The van der Waals surface area contributed by atoms with Crippen molar-refractivity contribution in [1.82, 2.24) is 4.90 Å². The molecule has 0 bridgehead atoms. The van der Waals surface area contributed by atoms with Gasteiger partial charge in [0.1, 0.15) is 0 Å². The predicted octanol–water partition coefficient (Wildman–Crippen LogP) is 0.820. The molecule has 0 aromatic heterocycles. The molecular weight excluding hydrogens is 240 g/mol. The SMILES string of the molecule is CN(C)/C=N\C(=O)c1ccc(S(C)(=O)=O)cc1. The molecular formula is C11H14N2O3S. The molecule has 0 unspecified atom stereocenters. The van der Waals surface area contributed by atoms with Gasteiger partial charge in [0.15, 0.2) is 9.84 Å². The number of amides is 1. The average Bonchev–Trinajstić information content (AvgIpc) is 2.25. The second-order valence-corrected chi connectivity index (χ2v) is 5.83. The van der Waals surface area contributed by atoms with Crippen molar-refractivity contribution < 1.29 is 13.2 Å². The molecule has 0 aliphatic heterocycles. The highest BCUT2D eigenvalue weighted by Crippen LogP contribution is 2.10. The van der Waals surface area contributed by atoms with Gasteiger partial charge in [-0.2, -0.15) is 4.99 Å². The highest BCUT2D eigenvalue weighted by Gasteiger charge is 2.08. The Morgan fingerprint density at radius 1 is 1.24 bits per heavy atom. The summed E-state index contributed by atoms with van der Waals surface area (Å²) >= 11 is 0. The van der Waals surface area contributed by atoms with Crippen LogP contribution in [0.25, 0.3) is 0 Å². The number of benzene rings is 1. The minimum atomic E-state index is -3.23. The second kappa shape index (κ2) is 5.09. The number of carbonyl (C=O) groups is 1. The summed E-state index contributed by atoms with van der Waals surface area (Å²) in [6.45, 7) is 0. The van der Waals surface area contributed by atoms with Crippen LogP contribution in [0.4, 0.5) is 0 Å². The molecule has 92 valence electrons. The summed E-state index contributed by atoms with van der Waals surface area (Å²) < 4.78 is 22.4. The Hall–Kier alpha value is -1.69. The number of sulfone groups is 1. The number of aliphatic imine (C=N–C) groups is 1. The van der Waals surface area contributed by atoms with Crippen molar-refractivity contribution in [2.75, 3.05) is 20.4 Å². The van der Waals surface area contributed by atoms with E-state index in [0.717, 1.165) is 6.26 Å². The molecule has 0 saturated heterocycles. The standard InChI is InChI=1S/C11H14N2O3S/c1-13(2)8-12-11(14)9-4-6-10(7-5-9)17(3,15)16/h4-8H,1-3H3/b12-8-. The van der Waals surface area contributed by atoms with Crippen LogP contribution in [0.3, 0.4) is 0 Å². The lowest BCUT2D eigenvalue weighted by atomic mass is 10.2. The molecule has 0 aliphatic carbocycles. The Morgan fingerprint density at radius 3 is 2.18 bits per heavy atom. The largest absolute Gasteiger partial charge is 0.369 e. The molecule has 5 nitrogen and oxygen atoms in total. The number of nitrogens with zero attached hydrogens (tertiary/aromatic N) is 2. The quantitative estimate of drug-likeness (QED) is 0.591. The van der Waals surface area contributed by atoms with Gasteiger partial charge in [0.05, 0.1) is 11.2 Å². The molecule has 0 aliphatic rings. The molecule has 1 rings (SSSR count). The molecule has 17 heavy (non-hydrogen) atoms. The maximum Gasteiger partial charge on any atom is 0.278 e. The van der Waals surface area contributed by atoms with Crippen molar-refractivity contribution in [2.24, 2.45) is 4.99 Å². The van der Waals surface area contributed by atoms with Crippen molar-refractivity contribution in [3.05, 3.63) is 29.8 Å². The van der Waals surface area contributed by atoms with E-state index >= 15 is 0 Å². The minimum Gasteiger partial charge on any atom is -0.369 e. The molecule has 1 aromatic carbocycles. The fourth-order valence-electron chi connectivity index (χ4n) is 1.09. The van der Waals surface area contributed by atoms with Gasteiger partial charge in [0.25, 0.3) is 5.91 Å². The maximum atomic E-state index is 11.5. The van der Waals surface area contributed by atoms with E-state index in [2.05, 4.69) is 4.99 Å². The van der Waals surface area contributed by atoms with Gasteiger partial charge < -0.3 is 4.90 Å². The average molecular weight is 254 g/mol. The fourth-order valence-corrected chi connectivity index (χ4v) is 1.72. The smallest absolute Gasteiger partial charge is 0.278 e. The van der Waals surface area contributed by atoms with E-state index < -0.39 is 15.7 Å². The highest BCUT2D eigenvalue weighted by molar-refractivity contribution is 7.90. The molecule has 6 heteroatoms. The summed E-state index contributed by atoms with van der Waals surface area (Å²) in [4.78, 5) is 17.1. The van der Waals surface area contributed by atoms with Crippen LogP contribution in [0.2, 0.25) is 0 Å². The summed E-state index contributed by atoms with van der Waals surface area (Å²) in [5, 5.41) is 0. The zero-order valence-corrected chi connectivity index (χ0v) is 10.7. The molecule has 0 heterocycles. The molecule has 0 N–H and O–H groups in total. The molecule has 0 fully saturated rings. The molecule has 0 radical (unpaired) electrons. The van der Waals surface area contributed by atoms with Crippen LogP contribution in [-0.2, 0) is 9.84 Å². The van der Waals surface area contributed by atoms with Gasteiger partial charge in [-0.15, -0.1) is 0 Å². The zero-order chi connectivity index (χ0) is 13.1. The predicted molar refractivity (Wildman–Crippen MR) is 66.1 cm³/mol. The number of rotatable bonds is 3. The summed E-state index contributed by atoms with van der Waals surface area (Å²) in [5.41, 5.74) is 0.357. The first kappa shape index (κ1) is 13.4. The third-order valence-electron chi connectivity index (χ3n) is 1.94. The fraction of sp³-hybridized carbons (Fsp3) is 0.273. The first-order valence-electron chi connectivity index (χ1n) is 4.86. The molecule has 0 spiro atoms. The lowest BCUT2D eigenvalue weighted by Crippen LogP contribution is -2.09. The molecule has 1 amide bonds. The second-order valence-electron chi connectivity index (χ2n) is 3.81. The highest BCUT2D eigenvalue weighted by atomic mass is 32.2. The van der Waals surface area contributed by atoms with Gasteiger partial charge in [-0.05, 0) is 24.3 Å². The Morgan fingerprint density at radius 2 is 1.76 bits per heavy atom. The van der Waals surface area contributed by atoms with Gasteiger partial charge in [-0.3, -0.25) is 4.79 Å². The van der Waals surface area contributed by atoms with Gasteiger partial charge in [0, 0.05) is 25.9 Å². The monoisotopic (exact) mass is 254 g/mol. The first-order chi connectivity index (χ1) is 7.80. The van der Waals surface area contributed by atoms with Crippen LogP contribution >= 0.6 is 0 Å². The number of hydrogen-bond donors (Lipinski definition) is 0. The molecule has 1 aromatic rings. The van der Waals surface area contributed by atoms with E-state index in [9.17, 15) is 13.2 Å². The molecule has 0 saturated carbocycles. The zero-order valence-electron chi connectivity index (χ0n) is 9.91. The summed E-state index contributed by atoms with van der Waals surface area (Å²) in [5.74, 6) is -0.404. The third-order valence-corrected chi connectivity index (χ3v) is 3.06. The van der Waals surface area contributed by atoms with E-state index in [1.165, 1.54) is 30.6 Å². The summed E-state index contributed by atoms with van der Waals surface area (Å²) in [6, 6.07) is 5.69. The van der Waals surface area contributed by atoms with E-state index in [4.69, 9.17) is 0 Å². The van der Waals surface area contributed by atoms with Crippen LogP contribution in [0.5, 0.6) is 0 Å². The third kappa shape index (κ3) is 3.99. The van der Waals surface area contributed by atoms with E-state index in [1.54, 1.807) is 19.0 Å². The van der Waals surface area contributed by atoms with Crippen LogP contribution in [0, 0.1) is 0 Å². The van der Waals surface area contributed by atoms with Crippen LogP contribution < -0.4 is 0 Å². The van der Waals surface area contributed by atoms with E-state index in [1.807, 2.05) is 0 Å². The van der Waals surface area contributed by atoms with E-state index in [0.29, 0.717) is 5.56 Å². The lowest BCUT2D eigenvalue weighted by molar-refractivity contribution is 0.100. The first-order valence-corrected chi connectivity index (χ1v) is 6.75. The Kier molecular flexibility index (Phi) is 4.01. The van der Waals surface area contributed by atoms with Gasteiger partial charge in [-0.1, -0.05) is 0 Å². The Labute approximate surface area is 101 Å². The van der Waals surface area contributed by atoms with Crippen molar-refractivity contribution in [3.8, 4) is 0 Å². The van der Waals surface area contributed by atoms with Crippen molar-refractivity contribution in [2.45, 2.75) is 4.90 Å². The van der Waals surface area contributed by atoms with Crippen LogP contribution in [-0.4, -0.2) is 45.9 Å². The van der Waals surface area contributed by atoms with Crippen molar-refractivity contribution in [3.63, 3.8) is 0 Å². The van der Waals surface area contributed by atoms with Gasteiger partial charge >= 0.3 is 0 Å². The summed E-state index contributed by atoms with van der Waals surface area (Å²) in [6.07, 6.45) is 2.51. The van der Waals surface area contributed by atoms with Crippen LogP contribution in [0.1, 0.15) is 10.4 Å². The van der Waals surface area contributed by atoms with Crippen molar-refractivity contribution in [1.29, 1.82) is 0 Å². The molecule has 0 atom stereocenters. The van der Waals surface area contributed by atoms with Gasteiger partial charge in [0.2, 0.25) is 0 Å². The maximum absolute atomic E-state index is 11.5. The van der Waals surface area contributed by atoms with Gasteiger partial charge in [-0.25, -0.2) is 8.42 Å². The Bertz CT molecular complexity index is 530. The van der Waals surface area contributed by atoms with Crippen molar-refractivity contribution >= 4 is 22.1 Å². The number of carbonyl (C=O) groups excluding carboxylic acids is 1. The van der Waals surface area contributed by atoms with Crippen LogP contribution in [0.15, 0.2) is 34.2 Å². The normalized spacial score (nSPS) is 11.7. The minimum absolute atomic E-state index is 0.186. The lowest BCUT2D eigenvalue weighted by Gasteiger charge is -2.02. The summed E-state index contributed by atoms with van der Waals surface area (Å²) in [7, 11) is 0.278. The van der Waals surface area contributed by atoms with E-state index in [-0.39, 0.29) is 4.90 Å². The topological polar surface area (TPSA) is 66.8 Å². The number of hydrogen-bond acceptors (Lipinski definition) is 3. The Balaban J connectivity index is 2.92.